The van der Waals surface area contributed by atoms with Crippen LogP contribution in [-0.4, -0.2) is 54.8 Å². The van der Waals surface area contributed by atoms with Crippen LogP contribution < -0.4 is 4.74 Å². The topological polar surface area (TPSA) is 119 Å². The molecule has 25 heavy (non-hydrogen) atoms. The molecular formula is C16H14FN3O4S. The van der Waals surface area contributed by atoms with E-state index in [1.54, 1.807) is 6.07 Å². The predicted molar refractivity (Wildman–Crippen MR) is 87.0 cm³/mol. The lowest BCUT2D eigenvalue weighted by atomic mass is 10.1. The first-order valence-corrected chi connectivity index (χ1v) is 8.40. The van der Waals surface area contributed by atoms with Gasteiger partial charge in [0.15, 0.2) is 11.2 Å². The lowest BCUT2D eigenvalue weighted by Crippen LogP contribution is -2.50. The van der Waals surface area contributed by atoms with Gasteiger partial charge >= 0.3 is 0 Å². The van der Waals surface area contributed by atoms with Crippen molar-refractivity contribution in [2.75, 3.05) is 5.75 Å². The fourth-order valence-corrected chi connectivity index (χ4v) is 3.40. The van der Waals surface area contributed by atoms with E-state index in [4.69, 9.17) is 10.00 Å². The van der Waals surface area contributed by atoms with E-state index in [1.165, 1.54) is 24.4 Å². The number of nitriles is 1. The molecule has 1 fully saturated rings. The zero-order valence-corrected chi connectivity index (χ0v) is 13.6. The van der Waals surface area contributed by atoms with Gasteiger partial charge < -0.3 is 20.1 Å². The van der Waals surface area contributed by atoms with Crippen LogP contribution >= 0.6 is 11.8 Å². The highest BCUT2D eigenvalue weighted by Gasteiger charge is 2.39. The predicted octanol–water partition coefficient (Wildman–Crippen LogP) is 0.689. The summed E-state index contributed by atoms with van der Waals surface area (Å²) in [4.78, 5) is 7.71. The Hall–Kier alpha value is -2.25. The van der Waals surface area contributed by atoms with Crippen molar-refractivity contribution in [3.05, 3.63) is 42.1 Å². The van der Waals surface area contributed by atoms with E-state index in [2.05, 4.69) is 9.97 Å². The van der Waals surface area contributed by atoms with Crippen LogP contribution in [0.2, 0.25) is 0 Å². The maximum atomic E-state index is 14.2. The Labute approximate surface area is 146 Å². The lowest BCUT2D eigenvalue weighted by Gasteiger charge is -2.34. The first-order chi connectivity index (χ1) is 12.0. The van der Waals surface area contributed by atoms with Crippen molar-refractivity contribution in [2.24, 2.45) is 0 Å². The number of hydrogen-bond acceptors (Lipinski definition) is 8. The Balaban J connectivity index is 1.77. The van der Waals surface area contributed by atoms with E-state index in [0.717, 1.165) is 11.8 Å². The van der Waals surface area contributed by atoms with Gasteiger partial charge in [0, 0.05) is 17.5 Å². The molecule has 2 aromatic heterocycles. The smallest absolute Gasteiger partial charge is 0.255 e. The molecule has 0 spiro atoms. The maximum absolute atomic E-state index is 14.2. The van der Waals surface area contributed by atoms with Crippen molar-refractivity contribution in [1.82, 2.24) is 9.97 Å². The number of aromatic nitrogens is 2. The van der Waals surface area contributed by atoms with Crippen molar-refractivity contribution < 1.29 is 24.4 Å². The van der Waals surface area contributed by atoms with Gasteiger partial charge in [-0.15, -0.1) is 11.8 Å². The van der Waals surface area contributed by atoms with Crippen molar-refractivity contribution in [3.63, 3.8) is 0 Å². The molecule has 3 rings (SSSR count). The van der Waals surface area contributed by atoms with Crippen LogP contribution in [0.3, 0.4) is 0 Å². The molecule has 1 saturated heterocycles. The minimum atomic E-state index is -1.36. The molecule has 0 radical (unpaired) electrons. The minimum absolute atomic E-state index is 0.160. The third-order valence-corrected chi connectivity index (χ3v) is 4.92. The molecule has 3 N–H and O–H groups in total. The number of halogens is 1. The summed E-state index contributed by atoms with van der Waals surface area (Å²) in [5.41, 5.74) is 0.176. The van der Waals surface area contributed by atoms with Gasteiger partial charge in [-0.05, 0) is 24.3 Å². The molecule has 130 valence electrons. The largest absolute Gasteiger partial charge is 0.472 e. The van der Waals surface area contributed by atoms with Crippen molar-refractivity contribution in [2.45, 2.75) is 23.7 Å². The Morgan fingerprint density at radius 3 is 2.64 bits per heavy atom. The summed E-state index contributed by atoms with van der Waals surface area (Å²) in [6.45, 7) is 0. The first-order valence-electron chi connectivity index (χ1n) is 7.35. The second-order valence-electron chi connectivity index (χ2n) is 5.40. The highest BCUT2D eigenvalue weighted by molar-refractivity contribution is 7.99. The Bertz CT molecular complexity index is 799. The van der Waals surface area contributed by atoms with E-state index >= 15 is 0 Å². The van der Waals surface area contributed by atoms with Crippen molar-refractivity contribution >= 4 is 11.8 Å². The number of nitrogens with zero attached hydrogens (tertiary/aromatic N) is 3. The minimum Gasteiger partial charge on any atom is -0.472 e. The SMILES string of the molecule is N#Cc1ccc(-c2ccc(O[C@H]3SC[C@@H](O)[C@H](O)[C@H]3O)c(F)n2)cn1. The van der Waals surface area contributed by atoms with Gasteiger partial charge in [-0.25, -0.2) is 9.97 Å². The third kappa shape index (κ3) is 3.72. The molecule has 0 unspecified atom stereocenters. The number of aliphatic hydroxyl groups excluding tert-OH is 3. The zero-order chi connectivity index (χ0) is 18.0. The van der Waals surface area contributed by atoms with Crippen molar-refractivity contribution in [3.8, 4) is 23.1 Å². The molecule has 0 aromatic carbocycles. The van der Waals surface area contributed by atoms with E-state index < -0.39 is 29.7 Å². The van der Waals surface area contributed by atoms with Crippen LogP contribution in [0.15, 0.2) is 30.5 Å². The maximum Gasteiger partial charge on any atom is 0.255 e. The molecule has 0 saturated carbocycles. The quantitative estimate of drug-likeness (QED) is 0.682. The Morgan fingerprint density at radius 2 is 2.00 bits per heavy atom. The summed E-state index contributed by atoms with van der Waals surface area (Å²) in [7, 11) is 0. The molecule has 3 heterocycles. The fraction of sp³-hybridized carbons (Fsp3) is 0.312. The molecule has 0 aliphatic carbocycles. The highest BCUT2D eigenvalue weighted by Crippen LogP contribution is 2.30. The summed E-state index contributed by atoms with van der Waals surface area (Å²) < 4.78 is 19.6. The summed E-state index contributed by atoms with van der Waals surface area (Å²) in [5, 5.41) is 37.8. The summed E-state index contributed by atoms with van der Waals surface area (Å²) in [6, 6.07) is 7.88. The van der Waals surface area contributed by atoms with Gasteiger partial charge in [0.2, 0.25) is 0 Å². The second-order valence-corrected chi connectivity index (χ2v) is 6.53. The molecule has 0 bridgehead atoms. The van der Waals surface area contributed by atoms with Gasteiger partial charge in [-0.1, -0.05) is 0 Å². The molecule has 0 amide bonds. The van der Waals surface area contributed by atoms with Gasteiger partial charge in [-0.2, -0.15) is 9.65 Å². The van der Waals surface area contributed by atoms with Crippen LogP contribution in [0.25, 0.3) is 11.3 Å². The lowest BCUT2D eigenvalue weighted by molar-refractivity contribution is -0.0790. The van der Waals surface area contributed by atoms with Crippen LogP contribution in [0.1, 0.15) is 5.69 Å². The molecule has 1 aliphatic heterocycles. The number of thioether (sulfide) groups is 1. The fourth-order valence-electron chi connectivity index (χ4n) is 2.29. The first kappa shape index (κ1) is 17.6. The van der Waals surface area contributed by atoms with Gasteiger partial charge in [0.05, 0.1) is 11.8 Å². The number of pyridine rings is 2. The molecular weight excluding hydrogens is 349 g/mol. The monoisotopic (exact) mass is 363 g/mol. The van der Waals surface area contributed by atoms with E-state index in [9.17, 15) is 19.7 Å². The third-order valence-electron chi connectivity index (χ3n) is 3.69. The van der Waals surface area contributed by atoms with Crippen LogP contribution in [-0.2, 0) is 0 Å². The highest BCUT2D eigenvalue weighted by atomic mass is 32.2. The number of ether oxygens (including phenoxy) is 1. The van der Waals surface area contributed by atoms with E-state index in [0.29, 0.717) is 11.3 Å². The van der Waals surface area contributed by atoms with Crippen LogP contribution in [0.5, 0.6) is 5.75 Å². The normalized spacial score (nSPS) is 26.0. The Kier molecular flexibility index (Phi) is 5.15. The summed E-state index contributed by atoms with van der Waals surface area (Å²) in [6.07, 6.45) is -2.35. The van der Waals surface area contributed by atoms with Crippen LogP contribution in [0, 0.1) is 17.3 Å². The second kappa shape index (κ2) is 7.33. The van der Waals surface area contributed by atoms with E-state index in [1.807, 2.05) is 6.07 Å². The summed E-state index contributed by atoms with van der Waals surface area (Å²) >= 11 is 1.07. The van der Waals surface area contributed by atoms with Crippen molar-refractivity contribution in [1.29, 1.82) is 5.26 Å². The Morgan fingerprint density at radius 1 is 1.20 bits per heavy atom. The number of aliphatic hydroxyl groups is 3. The van der Waals surface area contributed by atoms with Crippen LogP contribution in [0.4, 0.5) is 4.39 Å². The standard InChI is InChI=1S/C16H14FN3O4S/c17-15-12(24-16-14(23)13(22)11(21)7-25-16)4-3-10(20-15)8-1-2-9(5-18)19-6-8/h1-4,6,11,13-14,16,21-23H,7H2/t11-,13+,14-,16+/m1/s1. The van der Waals surface area contributed by atoms with E-state index in [-0.39, 0.29) is 17.2 Å². The summed E-state index contributed by atoms with van der Waals surface area (Å²) in [5.74, 6) is -0.895. The molecule has 4 atom stereocenters. The average molecular weight is 363 g/mol. The molecule has 9 heteroatoms. The zero-order valence-electron chi connectivity index (χ0n) is 12.8. The van der Waals surface area contributed by atoms with Gasteiger partial charge in [0.25, 0.3) is 5.95 Å². The number of hydrogen-bond donors (Lipinski definition) is 3. The van der Waals surface area contributed by atoms with Gasteiger partial charge in [0.1, 0.15) is 24.0 Å². The average Bonchev–Trinajstić information content (AvgIpc) is 2.63. The molecule has 1 aliphatic rings. The molecule has 7 nitrogen and oxygen atoms in total. The van der Waals surface area contributed by atoms with Gasteiger partial charge in [-0.3, -0.25) is 0 Å². The molecule has 2 aromatic rings. The number of rotatable bonds is 3.